The number of thiol groups is 1. The van der Waals surface area contributed by atoms with Gasteiger partial charge in [0.1, 0.15) is 0 Å². The van der Waals surface area contributed by atoms with Crippen LogP contribution in [-0.2, 0) is 0 Å². The molecule has 0 nitrogen and oxygen atoms in total. The van der Waals surface area contributed by atoms with Crippen LogP contribution in [0.4, 0.5) is 0 Å². The predicted molar refractivity (Wildman–Crippen MR) is 56.3 cm³/mol. The highest BCUT2D eigenvalue weighted by Gasteiger charge is 2.17. The van der Waals surface area contributed by atoms with Gasteiger partial charge in [0.25, 0.3) is 0 Å². The van der Waals surface area contributed by atoms with Gasteiger partial charge in [-0.2, -0.15) is 12.6 Å². The van der Waals surface area contributed by atoms with Crippen LogP contribution in [0, 0.1) is 5.92 Å². The lowest BCUT2D eigenvalue weighted by molar-refractivity contribution is 0.697. The maximum atomic E-state index is 4.59. The normalized spacial score (nSPS) is 18.6. The van der Waals surface area contributed by atoms with Crippen LogP contribution in [0.5, 0.6) is 0 Å². The molecule has 0 aliphatic rings. The van der Waals surface area contributed by atoms with E-state index in [1.807, 2.05) is 0 Å². The molecule has 0 aromatic heterocycles. The van der Waals surface area contributed by atoms with Gasteiger partial charge in [-0.25, -0.2) is 0 Å². The Morgan fingerprint density at radius 1 is 1.55 bits per heavy atom. The van der Waals surface area contributed by atoms with Crippen molar-refractivity contribution in [2.24, 2.45) is 5.92 Å². The summed E-state index contributed by atoms with van der Waals surface area (Å²) in [6, 6.07) is 0. The van der Waals surface area contributed by atoms with E-state index in [0.29, 0.717) is 5.92 Å². The highest BCUT2D eigenvalue weighted by Crippen LogP contribution is 2.27. The number of hydrogen-bond acceptors (Lipinski definition) is 1. The summed E-state index contributed by atoms with van der Waals surface area (Å²) in [5, 5.41) is 0. The van der Waals surface area contributed by atoms with Gasteiger partial charge in [0.2, 0.25) is 0 Å². The molecule has 66 valence electrons. The first-order chi connectivity index (χ1) is 4.90. The average molecular weight is 172 g/mol. The second kappa shape index (κ2) is 4.20. The van der Waals surface area contributed by atoms with E-state index in [1.165, 1.54) is 5.57 Å². The lowest BCUT2D eigenvalue weighted by Gasteiger charge is -2.23. The molecule has 0 radical (unpaired) electrons. The summed E-state index contributed by atoms with van der Waals surface area (Å²) in [5.74, 6) is 0.632. The second-order valence-corrected chi connectivity index (χ2v) is 4.71. The first-order valence-electron chi connectivity index (χ1n) is 4.31. The van der Waals surface area contributed by atoms with Crippen LogP contribution in [0.3, 0.4) is 0 Å². The van der Waals surface area contributed by atoms with Gasteiger partial charge in [-0.15, -0.1) is 0 Å². The fraction of sp³-hybridized carbons (Fsp3) is 0.800. The summed E-state index contributed by atoms with van der Waals surface area (Å²) in [7, 11) is 0. The highest BCUT2D eigenvalue weighted by atomic mass is 32.1. The largest absolute Gasteiger partial charge is 0.168 e. The molecule has 11 heavy (non-hydrogen) atoms. The van der Waals surface area contributed by atoms with Crippen LogP contribution < -0.4 is 0 Å². The fourth-order valence-electron chi connectivity index (χ4n) is 0.958. The lowest BCUT2D eigenvalue weighted by atomic mass is 9.96. The van der Waals surface area contributed by atoms with Crippen LogP contribution in [0.1, 0.15) is 41.0 Å². The van der Waals surface area contributed by atoms with E-state index < -0.39 is 0 Å². The molecule has 0 amide bonds. The van der Waals surface area contributed by atoms with Gasteiger partial charge in [0.15, 0.2) is 0 Å². The molecule has 0 aromatic rings. The molecule has 0 rings (SSSR count). The molecular weight excluding hydrogens is 152 g/mol. The summed E-state index contributed by atoms with van der Waals surface area (Å²) in [6.45, 7) is 10.9. The minimum absolute atomic E-state index is 0.0876. The molecule has 0 aliphatic heterocycles. The fourth-order valence-corrected chi connectivity index (χ4v) is 1.03. The molecule has 0 aliphatic carbocycles. The molecule has 1 heteroatoms. The summed E-state index contributed by atoms with van der Waals surface area (Å²) in [6.07, 6.45) is 3.38. The quantitative estimate of drug-likeness (QED) is 0.487. The monoisotopic (exact) mass is 172 g/mol. The van der Waals surface area contributed by atoms with Crippen molar-refractivity contribution in [2.75, 3.05) is 0 Å². The highest BCUT2D eigenvalue weighted by molar-refractivity contribution is 7.82. The summed E-state index contributed by atoms with van der Waals surface area (Å²) >= 11 is 4.59. The van der Waals surface area contributed by atoms with E-state index >= 15 is 0 Å². The first-order valence-corrected chi connectivity index (χ1v) is 4.76. The van der Waals surface area contributed by atoms with Crippen LogP contribution in [0.2, 0.25) is 0 Å². The van der Waals surface area contributed by atoms with Crippen molar-refractivity contribution in [1.29, 1.82) is 0 Å². The maximum absolute atomic E-state index is 4.59. The third-order valence-electron chi connectivity index (χ3n) is 2.12. The Bertz CT molecular complexity index is 143. The Morgan fingerprint density at radius 3 is 2.27 bits per heavy atom. The molecule has 0 heterocycles. The van der Waals surface area contributed by atoms with Crippen LogP contribution in [0.15, 0.2) is 11.6 Å². The van der Waals surface area contributed by atoms with E-state index in [-0.39, 0.29) is 4.75 Å². The molecule has 0 spiro atoms. The van der Waals surface area contributed by atoms with Crippen molar-refractivity contribution in [2.45, 2.75) is 45.8 Å². The van der Waals surface area contributed by atoms with E-state index in [4.69, 9.17) is 0 Å². The van der Waals surface area contributed by atoms with Crippen LogP contribution >= 0.6 is 12.6 Å². The first kappa shape index (κ1) is 11.1. The summed E-state index contributed by atoms with van der Waals surface area (Å²) in [4.78, 5) is 0. The Morgan fingerprint density at radius 2 is 2.00 bits per heavy atom. The van der Waals surface area contributed by atoms with Crippen molar-refractivity contribution in [3.05, 3.63) is 11.6 Å². The lowest BCUT2D eigenvalue weighted by Crippen LogP contribution is -2.16. The van der Waals surface area contributed by atoms with Gasteiger partial charge >= 0.3 is 0 Å². The van der Waals surface area contributed by atoms with E-state index in [2.05, 4.69) is 53.3 Å². The van der Waals surface area contributed by atoms with Crippen molar-refractivity contribution < 1.29 is 0 Å². The molecular formula is C10H20S. The van der Waals surface area contributed by atoms with Gasteiger partial charge in [0.05, 0.1) is 0 Å². The number of hydrogen-bond donors (Lipinski definition) is 1. The van der Waals surface area contributed by atoms with Gasteiger partial charge in [-0.05, 0) is 26.2 Å². The van der Waals surface area contributed by atoms with Gasteiger partial charge < -0.3 is 0 Å². The van der Waals surface area contributed by atoms with Crippen molar-refractivity contribution in [3.63, 3.8) is 0 Å². The Labute approximate surface area is 76.5 Å². The Hall–Kier alpha value is 0.0900. The minimum Gasteiger partial charge on any atom is -0.168 e. The zero-order valence-electron chi connectivity index (χ0n) is 8.31. The molecule has 1 atom stereocenters. The summed E-state index contributed by atoms with van der Waals surface area (Å²) in [5.41, 5.74) is 1.39. The van der Waals surface area contributed by atoms with Gasteiger partial charge in [-0.3, -0.25) is 0 Å². The predicted octanol–water partition coefficient (Wildman–Crippen LogP) is 3.69. The molecule has 0 saturated heterocycles. The van der Waals surface area contributed by atoms with E-state index in [9.17, 15) is 0 Å². The van der Waals surface area contributed by atoms with E-state index in [0.717, 1.165) is 6.42 Å². The van der Waals surface area contributed by atoms with E-state index in [1.54, 1.807) is 0 Å². The zero-order valence-corrected chi connectivity index (χ0v) is 9.20. The summed E-state index contributed by atoms with van der Waals surface area (Å²) < 4.78 is 0.0876. The maximum Gasteiger partial charge on any atom is 0.0304 e. The zero-order chi connectivity index (χ0) is 9.07. The smallest absolute Gasteiger partial charge is 0.0304 e. The van der Waals surface area contributed by atoms with Gasteiger partial charge in [-0.1, -0.05) is 32.4 Å². The van der Waals surface area contributed by atoms with Crippen LogP contribution in [0.25, 0.3) is 0 Å². The Kier molecular flexibility index (Phi) is 4.23. The molecule has 0 aromatic carbocycles. The number of rotatable bonds is 3. The number of allylic oxidation sites excluding steroid dienone is 1. The topological polar surface area (TPSA) is 0 Å². The third kappa shape index (κ3) is 3.85. The van der Waals surface area contributed by atoms with Crippen LogP contribution in [-0.4, -0.2) is 4.75 Å². The second-order valence-electron chi connectivity index (χ2n) is 3.72. The SMILES string of the molecule is CCC(C)(S)/C(C)=C/C(C)C. The van der Waals surface area contributed by atoms with Crippen molar-refractivity contribution in [1.82, 2.24) is 0 Å². The molecule has 0 N–H and O–H groups in total. The van der Waals surface area contributed by atoms with Gasteiger partial charge in [0, 0.05) is 4.75 Å². The third-order valence-corrected chi connectivity index (χ3v) is 2.79. The standard InChI is InChI=1S/C10H20S/c1-6-10(5,11)9(4)7-8(2)3/h7-8,11H,6H2,1-5H3/b9-7+. The van der Waals surface area contributed by atoms with Crippen molar-refractivity contribution >= 4 is 12.6 Å². The van der Waals surface area contributed by atoms with Crippen molar-refractivity contribution in [3.8, 4) is 0 Å². The molecule has 0 saturated carbocycles. The average Bonchev–Trinajstić information content (AvgIpc) is 1.86. The minimum atomic E-state index is 0.0876. The molecule has 0 bridgehead atoms. The molecule has 0 fully saturated rings. The Balaban J connectivity index is 4.33. The molecule has 1 unspecified atom stereocenters.